The van der Waals surface area contributed by atoms with Gasteiger partial charge in [0.25, 0.3) is 0 Å². The van der Waals surface area contributed by atoms with Gasteiger partial charge in [-0.3, -0.25) is 16.0 Å². The molecule has 22 heavy (non-hydrogen) atoms. The van der Waals surface area contributed by atoms with Crippen molar-refractivity contribution in [1.29, 1.82) is 0 Å². The molecular formula is C12H13Cl6N3O. The smallest absolute Gasteiger partial charge is 0.218 e. The molecule has 0 aliphatic carbocycles. The van der Waals surface area contributed by atoms with Crippen molar-refractivity contribution >= 4 is 75.7 Å². The number of rotatable bonds is 2. The summed E-state index contributed by atoms with van der Waals surface area (Å²) in [4.78, 5) is 0. The van der Waals surface area contributed by atoms with Crippen LogP contribution in [0.25, 0.3) is 6.08 Å². The zero-order chi connectivity index (χ0) is 16.5. The molecule has 0 aromatic carbocycles. The first-order chi connectivity index (χ1) is 10.1. The molecule has 1 aromatic heterocycles. The summed E-state index contributed by atoms with van der Waals surface area (Å²) in [5.41, 5.74) is 0. The lowest BCUT2D eigenvalue weighted by molar-refractivity contribution is 0.228. The number of nitrogens with one attached hydrogen (secondary N) is 3. The van der Waals surface area contributed by atoms with Crippen molar-refractivity contribution in [3.8, 4) is 0 Å². The van der Waals surface area contributed by atoms with E-state index in [2.05, 4.69) is 16.0 Å². The van der Waals surface area contributed by atoms with Crippen LogP contribution in [0, 0.1) is 6.92 Å². The Labute approximate surface area is 158 Å². The van der Waals surface area contributed by atoms with Gasteiger partial charge in [-0.15, -0.1) is 0 Å². The summed E-state index contributed by atoms with van der Waals surface area (Å²) in [6.45, 7) is 1.86. The highest BCUT2D eigenvalue weighted by Crippen LogP contribution is 2.35. The molecule has 3 N–H and O–H groups in total. The van der Waals surface area contributed by atoms with Gasteiger partial charge in [0.1, 0.15) is 23.9 Å². The summed E-state index contributed by atoms with van der Waals surface area (Å²) in [6, 6.07) is 3.70. The second-order valence-electron chi connectivity index (χ2n) is 4.73. The van der Waals surface area contributed by atoms with Gasteiger partial charge in [0, 0.05) is 0 Å². The lowest BCUT2D eigenvalue weighted by Gasteiger charge is -2.42. The van der Waals surface area contributed by atoms with E-state index in [4.69, 9.17) is 74.0 Å². The summed E-state index contributed by atoms with van der Waals surface area (Å²) in [5, 5.41) is 8.99. The van der Waals surface area contributed by atoms with E-state index in [0.717, 1.165) is 5.76 Å². The minimum absolute atomic E-state index is 0.395. The van der Waals surface area contributed by atoms with E-state index in [9.17, 15) is 0 Å². The Morgan fingerprint density at radius 1 is 0.955 bits per heavy atom. The summed E-state index contributed by atoms with van der Waals surface area (Å²) in [5.74, 6) is 1.50. The third-order valence-corrected chi connectivity index (χ3v) is 4.20. The van der Waals surface area contributed by atoms with Crippen LogP contribution >= 0.6 is 69.6 Å². The first-order valence-electron chi connectivity index (χ1n) is 6.22. The molecule has 0 spiro atoms. The highest BCUT2D eigenvalue weighted by molar-refractivity contribution is 6.68. The van der Waals surface area contributed by atoms with Crippen LogP contribution in [0.15, 0.2) is 22.6 Å². The van der Waals surface area contributed by atoms with Gasteiger partial charge in [0.2, 0.25) is 7.59 Å². The maximum Gasteiger partial charge on any atom is 0.218 e. The fourth-order valence-corrected chi connectivity index (χ4v) is 2.65. The van der Waals surface area contributed by atoms with Gasteiger partial charge in [-0.2, -0.15) is 0 Å². The molecule has 124 valence electrons. The van der Waals surface area contributed by atoms with E-state index in [1.165, 1.54) is 0 Å². The highest BCUT2D eigenvalue weighted by Gasteiger charge is 2.44. The van der Waals surface area contributed by atoms with Crippen LogP contribution in [-0.4, -0.2) is 26.1 Å². The average Bonchev–Trinajstić information content (AvgIpc) is 2.80. The van der Waals surface area contributed by atoms with E-state index in [-0.39, 0.29) is 0 Å². The normalized spacial score (nSPS) is 27.5. The lowest BCUT2D eigenvalue weighted by atomic mass is 10.2. The number of aryl methyl sites for hydroxylation is 1. The van der Waals surface area contributed by atoms with E-state index >= 15 is 0 Å². The maximum absolute atomic E-state index is 5.92. The number of alkyl halides is 6. The molecule has 10 heteroatoms. The summed E-state index contributed by atoms with van der Waals surface area (Å²) >= 11 is 35.5. The molecule has 4 nitrogen and oxygen atoms in total. The standard InChI is InChI=1S/C12H13Cl6N3O/c1-6-2-3-7(22-6)4-5-8-19-9(11(13,14)15)21-10(20-8)12(16,17)18/h2-5,8-10,19-21H,1H3/b5-4+. The molecule has 1 aromatic rings. The third kappa shape index (κ3) is 5.33. The minimum atomic E-state index is -1.62. The summed E-state index contributed by atoms with van der Waals surface area (Å²) in [6.07, 6.45) is 1.73. The Morgan fingerprint density at radius 2 is 1.50 bits per heavy atom. The predicted octanol–water partition coefficient (Wildman–Crippen LogP) is 4.10. The minimum Gasteiger partial charge on any atom is -0.462 e. The quantitative estimate of drug-likeness (QED) is 0.622. The molecule has 1 aliphatic rings. The Morgan fingerprint density at radius 3 is 1.91 bits per heavy atom. The third-order valence-electron chi connectivity index (χ3n) is 2.89. The first kappa shape index (κ1) is 19.0. The number of halogens is 6. The molecule has 1 saturated heterocycles. The molecule has 2 unspecified atom stereocenters. The molecule has 1 fully saturated rings. The predicted molar refractivity (Wildman–Crippen MR) is 93.8 cm³/mol. The van der Waals surface area contributed by atoms with Gasteiger partial charge in [0.05, 0.1) is 6.17 Å². The monoisotopic (exact) mass is 425 g/mol. The van der Waals surface area contributed by atoms with Crippen molar-refractivity contribution < 1.29 is 4.42 Å². The topological polar surface area (TPSA) is 49.2 Å². The van der Waals surface area contributed by atoms with E-state index in [1.807, 2.05) is 19.1 Å². The molecule has 0 radical (unpaired) electrons. The molecule has 2 heterocycles. The van der Waals surface area contributed by atoms with Crippen LogP contribution in [0.2, 0.25) is 0 Å². The van der Waals surface area contributed by atoms with Crippen molar-refractivity contribution in [3.63, 3.8) is 0 Å². The zero-order valence-corrected chi connectivity index (χ0v) is 15.8. The zero-order valence-electron chi connectivity index (χ0n) is 11.2. The molecule has 1 aliphatic heterocycles. The van der Waals surface area contributed by atoms with Crippen LogP contribution < -0.4 is 16.0 Å². The fourth-order valence-electron chi connectivity index (χ4n) is 1.89. The highest BCUT2D eigenvalue weighted by atomic mass is 35.6. The van der Waals surface area contributed by atoms with Crippen molar-refractivity contribution in [2.24, 2.45) is 0 Å². The summed E-state index contributed by atoms with van der Waals surface area (Å²) < 4.78 is 2.21. The SMILES string of the molecule is Cc1ccc(/C=C/C2NC(C(Cl)(Cl)Cl)NC(C(Cl)(Cl)Cl)N2)o1. The van der Waals surface area contributed by atoms with Crippen LogP contribution in [0.1, 0.15) is 11.5 Å². The van der Waals surface area contributed by atoms with Crippen LogP contribution in [-0.2, 0) is 0 Å². The largest absolute Gasteiger partial charge is 0.462 e. The lowest BCUT2D eigenvalue weighted by Crippen LogP contribution is -2.72. The van der Waals surface area contributed by atoms with Gasteiger partial charge in [-0.25, -0.2) is 0 Å². The summed E-state index contributed by atoms with van der Waals surface area (Å²) in [7, 11) is 0. The molecule has 2 rings (SSSR count). The Kier molecular flexibility index (Phi) is 6.26. The average molecular weight is 428 g/mol. The van der Waals surface area contributed by atoms with Crippen molar-refractivity contribution in [2.75, 3.05) is 0 Å². The number of furan rings is 1. The Balaban J connectivity index is 2.13. The molecule has 0 bridgehead atoms. The number of hydrogen-bond acceptors (Lipinski definition) is 4. The Bertz CT molecular complexity index is 514. The molecular weight excluding hydrogens is 415 g/mol. The van der Waals surface area contributed by atoms with Gasteiger partial charge in [-0.1, -0.05) is 69.6 Å². The van der Waals surface area contributed by atoms with Gasteiger partial charge >= 0.3 is 0 Å². The van der Waals surface area contributed by atoms with E-state index < -0.39 is 26.1 Å². The van der Waals surface area contributed by atoms with Crippen molar-refractivity contribution in [1.82, 2.24) is 16.0 Å². The fraction of sp³-hybridized carbons (Fsp3) is 0.500. The van der Waals surface area contributed by atoms with Crippen molar-refractivity contribution in [2.45, 2.75) is 33.0 Å². The van der Waals surface area contributed by atoms with Crippen LogP contribution in [0.5, 0.6) is 0 Å². The first-order valence-corrected chi connectivity index (χ1v) is 8.49. The van der Waals surface area contributed by atoms with E-state index in [0.29, 0.717) is 5.76 Å². The van der Waals surface area contributed by atoms with Gasteiger partial charge in [0.15, 0.2) is 0 Å². The number of hydrogen-bond donors (Lipinski definition) is 3. The molecule has 0 amide bonds. The van der Waals surface area contributed by atoms with Crippen LogP contribution in [0.4, 0.5) is 0 Å². The molecule has 2 atom stereocenters. The maximum atomic E-state index is 5.92. The van der Waals surface area contributed by atoms with E-state index in [1.54, 1.807) is 12.2 Å². The second kappa shape index (κ2) is 7.26. The molecule has 0 saturated carbocycles. The van der Waals surface area contributed by atoms with Gasteiger partial charge in [-0.05, 0) is 31.2 Å². The second-order valence-corrected chi connectivity index (χ2v) is 9.47. The van der Waals surface area contributed by atoms with Gasteiger partial charge < -0.3 is 4.42 Å². The van der Waals surface area contributed by atoms with Crippen LogP contribution in [0.3, 0.4) is 0 Å². The Hall–Kier alpha value is 0.640. The van der Waals surface area contributed by atoms with Crippen molar-refractivity contribution in [3.05, 3.63) is 29.7 Å².